The lowest BCUT2D eigenvalue weighted by Crippen LogP contribution is -2.38. The Morgan fingerprint density at radius 3 is 2.51 bits per heavy atom. The maximum absolute atomic E-state index is 14.6. The SMILES string of the molecule is C=S(C)(=O)C(C)(C)c1coc(-c2cncc([C@@]34CC[C@@H](c5cc(-c6c(F)cccc6F)nnc53)C4(C)C)n2)n1. The molecule has 1 saturated carbocycles. The molecule has 0 spiro atoms. The van der Waals surface area contributed by atoms with E-state index in [9.17, 15) is 13.0 Å². The van der Waals surface area contributed by atoms with Gasteiger partial charge in [0.2, 0.25) is 5.89 Å². The van der Waals surface area contributed by atoms with Crippen molar-refractivity contribution in [3.63, 3.8) is 0 Å². The Labute approximate surface area is 226 Å². The normalized spacial score (nSPS) is 23.0. The van der Waals surface area contributed by atoms with Gasteiger partial charge >= 0.3 is 0 Å². The Morgan fingerprint density at radius 2 is 1.82 bits per heavy atom. The van der Waals surface area contributed by atoms with Crippen LogP contribution in [0.3, 0.4) is 0 Å². The first-order valence-electron chi connectivity index (χ1n) is 12.7. The van der Waals surface area contributed by atoms with E-state index in [0.717, 1.165) is 24.1 Å². The highest BCUT2D eigenvalue weighted by Gasteiger charge is 2.65. The van der Waals surface area contributed by atoms with Gasteiger partial charge < -0.3 is 4.42 Å². The van der Waals surface area contributed by atoms with Crippen molar-refractivity contribution in [2.24, 2.45) is 5.41 Å². The van der Waals surface area contributed by atoms with E-state index in [1.165, 1.54) is 24.5 Å². The van der Waals surface area contributed by atoms with Gasteiger partial charge in [0.15, 0.2) is 0 Å². The van der Waals surface area contributed by atoms with E-state index < -0.39 is 31.3 Å². The lowest BCUT2D eigenvalue weighted by molar-refractivity contribution is 0.242. The highest BCUT2D eigenvalue weighted by atomic mass is 32.2. The zero-order valence-corrected chi connectivity index (χ0v) is 23.3. The Hall–Kier alpha value is -3.53. The molecule has 3 aromatic heterocycles. The molecule has 0 radical (unpaired) electrons. The minimum absolute atomic E-state index is 0.103. The zero-order valence-electron chi connectivity index (χ0n) is 22.5. The molecule has 0 aliphatic heterocycles. The molecule has 1 fully saturated rings. The average Bonchev–Trinajstić information content (AvgIpc) is 3.52. The minimum Gasteiger partial charge on any atom is -0.443 e. The molecule has 10 heteroatoms. The zero-order chi connectivity index (χ0) is 28.0. The highest BCUT2D eigenvalue weighted by molar-refractivity contribution is 8.00. The molecular weight excluding hydrogens is 520 g/mol. The smallest absolute Gasteiger partial charge is 0.246 e. The maximum Gasteiger partial charge on any atom is 0.246 e. The molecule has 0 saturated heterocycles. The summed E-state index contributed by atoms with van der Waals surface area (Å²) < 4.78 is 46.8. The van der Waals surface area contributed by atoms with Crippen molar-refractivity contribution in [2.45, 2.75) is 56.6 Å². The van der Waals surface area contributed by atoms with Gasteiger partial charge in [-0.2, -0.15) is 5.10 Å². The fourth-order valence-corrected chi connectivity index (χ4v) is 6.86. The largest absolute Gasteiger partial charge is 0.443 e. The van der Waals surface area contributed by atoms with Crippen LogP contribution in [0.15, 0.2) is 47.3 Å². The van der Waals surface area contributed by atoms with Crippen LogP contribution in [0.25, 0.3) is 22.8 Å². The van der Waals surface area contributed by atoms with Crippen LogP contribution in [0.5, 0.6) is 0 Å². The number of halogens is 2. The second-order valence-electron chi connectivity index (χ2n) is 11.7. The molecular formula is C29H29F2N5O2S. The first-order valence-corrected chi connectivity index (χ1v) is 14.9. The molecule has 7 nitrogen and oxygen atoms in total. The summed E-state index contributed by atoms with van der Waals surface area (Å²) in [5, 5.41) is 8.87. The summed E-state index contributed by atoms with van der Waals surface area (Å²) in [7, 11) is -2.45. The summed E-state index contributed by atoms with van der Waals surface area (Å²) in [6.07, 6.45) is 8.05. The van der Waals surface area contributed by atoms with E-state index in [0.29, 0.717) is 17.1 Å². The van der Waals surface area contributed by atoms with E-state index in [2.05, 4.69) is 39.9 Å². The van der Waals surface area contributed by atoms with Gasteiger partial charge in [0.25, 0.3) is 0 Å². The third-order valence-corrected chi connectivity index (χ3v) is 11.5. The fourth-order valence-electron chi connectivity index (χ4n) is 6.32. The fraction of sp³-hybridized carbons (Fsp3) is 0.379. The van der Waals surface area contributed by atoms with Gasteiger partial charge in [-0.25, -0.2) is 18.7 Å². The minimum atomic E-state index is -2.45. The van der Waals surface area contributed by atoms with Crippen LogP contribution in [-0.2, 0) is 19.7 Å². The van der Waals surface area contributed by atoms with Crippen molar-refractivity contribution >= 4 is 15.4 Å². The summed E-state index contributed by atoms with van der Waals surface area (Å²) in [5.74, 6) is 2.85. The summed E-state index contributed by atoms with van der Waals surface area (Å²) in [6, 6.07) is 5.55. The van der Waals surface area contributed by atoms with Crippen LogP contribution < -0.4 is 0 Å². The first kappa shape index (κ1) is 25.7. The predicted octanol–water partition coefficient (Wildman–Crippen LogP) is 5.65. The van der Waals surface area contributed by atoms with Crippen LogP contribution in [0.1, 0.15) is 69.1 Å². The van der Waals surface area contributed by atoms with E-state index in [-0.39, 0.29) is 28.5 Å². The Kier molecular flexibility index (Phi) is 5.43. The molecule has 4 aromatic rings. The molecule has 3 atom stereocenters. The van der Waals surface area contributed by atoms with Crippen LogP contribution in [-0.4, -0.2) is 41.5 Å². The van der Waals surface area contributed by atoms with E-state index in [1.54, 1.807) is 24.7 Å². The number of benzene rings is 1. The second-order valence-corrected chi connectivity index (χ2v) is 14.7. The molecule has 1 unspecified atom stereocenters. The third kappa shape index (κ3) is 3.46. The van der Waals surface area contributed by atoms with Gasteiger partial charge in [0, 0.05) is 12.5 Å². The Balaban J connectivity index is 1.46. The molecule has 2 bridgehead atoms. The topological polar surface area (TPSA) is 94.7 Å². The second kappa shape index (κ2) is 8.24. The van der Waals surface area contributed by atoms with Crippen molar-refractivity contribution in [2.75, 3.05) is 6.26 Å². The summed E-state index contributed by atoms with van der Waals surface area (Å²) >= 11 is 0. The van der Waals surface area contributed by atoms with Crippen molar-refractivity contribution in [3.05, 3.63) is 77.2 Å². The van der Waals surface area contributed by atoms with Gasteiger partial charge in [0.05, 0.1) is 44.7 Å². The van der Waals surface area contributed by atoms with E-state index >= 15 is 0 Å². The van der Waals surface area contributed by atoms with Crippen LogP contribution in [0, 0.1) is 17.0 Å². The van der Waals surface area contributed by atoms with Gasteiger partial charge in [-0.15, -0.1) is 5.10 Å². The summed E-state index contributed by atoms with van der Waals surface area (Å²) in [5.41, 5.74) is 2.45. The lowest BCUT2D eigenvalue weighted by Gasteiger charge is -2.37. The standard InChI is InChI=1S/C29H29F2N5O2S/c1-27(2)17-10-11-29(27,25-16(17)12-20(35-36-25)24-18(30)8-7-9-19(24)31)22-14-32-13-21(33-22)26-34-23(15-38-26)28(3,4)39(5,6)37/h7-9,12-15,17H,5,10-11H2,1-4,6H3/t17-,29-,39?/m0/s1. The first-order chi connectivity index (χ1) is 18.3. The summed E-state index contributed by atoms with van der Waals surface area (Å²) in [6.45, 7) is 7.98. The van der Waals surface area contributed by atoms with Crippen molar-refractivity contribution < 1.29 is 17.4 Å². The molecule has 3 heterocycles. The number of aromatic nitrogens is 5. The highest BCUT2D eigenvalue weighted by Crippen LogP contribution is 2.69. The van der Waals surface area contributed by atoms with Gasteiger partial charge in [-0.1, -0.05) is 19.9 Å². The quantitative estimate of drug-likeness (QED) is 0.297. The van der Waals surface area contributed by atoms with Crippen molar-refractivity contribution in [1.29, 1.82) is 0 Å². The Bertz CT molecular complexity index is 1730. The van der Waals surface area contributed by atoms with Gasteiger partial charge in [-0.05, 0) is 77.2 Å². The van der Waals surface area contributed by atoms with E-state index in [4.69, 9.17) is 9.40 Å². The number of hydrogen-bond acceptors (Lipinski definition) is 7. The molecule has 2 aliphatic carbocycles. The number of rotatable bonds is 5. The van der Waals surface area contributed by atoms with E-state index in [1.807, 2.05) is 13.8 Å². The van der Waals surface area contributed by atoms with Gasteiger partial charge in [0.1, 0.15) is 23.6 Å². The number of hydrogen-bond donors (Lipinski definition) is 0. The van der Waals surface area contributed by atoms with Gasteiger partial charge in [-0.3, -0.25) is 9.19 Å². The number of nitrogens with zero attached hydrogens (tertiary/aromatic N) is 5. The average molecular weight is 550 g/mol. The summed E-state index contributed by atoms with van der Waals surface area (Å²) in [4.78, 5) is 14.0. The molecule has 2 aliphatic rings. The molecule has 39 heavy (non-hydrogen) atoms. The molecule has 0 N–H and O–H groups in total. The maximum atomic E-state index is 14.6. The third-order valence-electron chi connectivity index (χ3n) is 9.09. The van der Waals surface area contributed by atoms with Crippen molar-refractivity contribution in [1.82, 2.24) is 25.1 Å². The molecule has 1 aromatic carbocycles. The molecule has 202 valence electrons. The number of fused-ring (bicyclic) bond motifs is 5. The molecule has 0 amide bonds. The van der Waals surface area contributed by atoms with Crippen LogP contribution in [0.2, 0.25) is 0 Å². The van der Waals surface area contributed by atoms with Crippen LogP contribution >= 0.6 is 0 Å². The van der Waals surface area contributed by atoms with Crippen LogP contribution in [0.4, 0.5) is 8.78 Å². The Morgan fingerprint density at radius 1 is 1.10 bits per heavy atom. The molecule has 6 rings (SSSR count). The lowest BCUT2D eigenvalue weighted by atomic mass is 9.66. The number of oxazole rings is 1. The predicted molar refractivity (Wildman–Crippen MR) is 146 cm³/mol. The monoisotopic (exact) mass is 549 g/mol. The van der Waals surface area contributed by atoms with Crippen molar-refractivity contribution in [3.8, 4) is 22.8 Å².